The molecule has 0 aromatic heterocycles. The standard InChI is InChI=1S/C12H14N4O4/c1-15(8-2-4-9(5-3-8)16(19)20)12(18)10-6-14-11(17)7-13-10/h2-5,10,13H,6-7H2,1H3,(H,14,17). The molecule has 2 amide bonds. The van der Waals surface area contributed by atoms with Gasteiger partial charge in [0.15, 0.2) is 0 Å². The zero-order valence-electron chi connectivity index (χ0n) is 10.8. The molecule has 106 valence electrons. The monoisotopic (exact) mass is 278 g/mol. The number of carbonyl (C=O) groups is 2. The van der Waals surface area contributed by atoms with Crippen molar-refractivity contribution >= 4 is 23.2 Å². The molecule has 1 aromatic carbocycles. The Kier molecular flexibility index (Phi) is 3.94. The van der Waals surface area contributed by atoms with Crippen molar-refractivity contribution in [3.05, 3.63) is 34.4 Å². The SMILES string of the molecule is CN(C(=O)C1CNC(=O)CN1)c1ccc([N+](=O)[O-])cc1. The van der Waals surface area contributed by atoms with Crippen LogP contribution < -0.4 is 15.5 Å². The van der Waals surface area contributed by atoms with E-state index in [4.69, 9.17) is 0 Å². The minimum atomic E-state index is -0.496. The smallest absolute Gasteiger partial charge is 0.269 e. The topological polar surface area (TPSA) is 105 Å². The molecular weight excluding hydrogens is 264 g/mol. The predicted molar refractivity (Wildman–Crippen MR) is 71.3 cm³/mol. The average molecular weight is 278 g/mol. The summed E-state index contributed by atoms with van der Waals surface area (Å²) in [6, 6.07) is 5.21. The van der Waals surface area contributed by atoms with Gasteiger partial charge in [0.25, 0.3) is 5.69 Å². The van der Waals surface area contributed by atoms with Crippen molar-refractivity contribution in [3.63, 3.8) is 0 Å². The first-order chi connectivity index (χ1) is 9.49. The van der Waals surface area contributed by atoms with Gasteiger partial charge in [0, 0.05) is 31.4 Å². The van der Waals surface area contributed by atoms with Crippen molar-refractivity contribution in [2.24, 2.45) is 0 Å². The van der Waals surface area contributed by atoms with Crippen molar-refractivity contribution in [1.29, 1.82) is 0 Å². The summed E-state index contributed by atoms with van der Waals surface area (Å²) in [6.07, 6.45) is 0. The number of piperazine rings is 1. The zero-order valence-corrected chi connectivity index (χ0v) is 10.8. The summed E-state index contributed by atoms with van der Waals surface area (Å²) in [5, 5.41) is 16.0. The van der Waals surface area contributed by atoms with Crippen molar-refractivity contribution < 1.29 is 14.5 Å². The number of nitrogens with one attached hydrogen (secondary N) is 2. The second-order valence-corrected chi connectivity index (χ2v) is 4.41. The Hall–Kier alpha value is -2.48. The Bertz CT molecular complexity index is 533. The zero-order chi connectivity index (χ0) is 14.7. The molecule has 20 heavy (non-hydrogen) atoms. The Morgan fingerprint density at radius 2 is 2.05 bits per heavy atom. The molecule has 0 spiro atoms. The number of anilines is 1. The summed E-state index contributed by atoms with van der Waals surface area (Å²) in [5.41, 5.74) is 0.525. The molecule has 0 aliphatic carbocycles. The van der Waals surface area contributed by atoms with Crippen molar-refractivity contribution in [3.8, 4) is 0 Å². The Morgan fingerprint density at radius 1 is 1.40 bits per heavy atom. The van der Waals surface area contributed by atoms with Gasteiger partial charge in [0.1, 0.15) is 6.04 Å². The van der Waals surface area contributed by atoms with E-state index in [-0.39, 0.29) is 30.6 Å². The highest BCUT2D eigenvalue weighted by molar-refractivity contribution is 5.98. The normalized spacial score (nSPS) is 18.2. The number of rotatable bonds is 3. The first kappa shape index (κ1) is 13.9. The van der Waals surface area contributed by atoms with Gasteiger partial charge in [-0.05, 0) is 12.1 Å². The molecule has 1 heterocycles. The lowest BCUT2D eigenvalue weighted by Gasteiger charge is -2.27. The van der Waals surface area contributed by atoms with Gasteiger partial charge in [-0.25, -0.2) is 0 Å². The minimum absolute atomic E-state index is 0.0300. The lowest BCUT2D eigenvalue weighted by atomic mass is 10.2. The lowest BCUT2D eigenvalue weighted by molar-refractivity contribution is -0.384. The van der Waals surface area contributed by atoms with Crippen molar-refractivity contribution in [2.75, 3.05) is 25.0 Å². The van der Waals surface area contributed by atoms with Crippen LogP contribution in [-0.2, 0) is 9.59 Å². The molecule has 0 bridgehead atoms. The van der Waals surface area contributed by atoms with Crippen molar-refractivity contribution in [1.82, 2.24) is 10.6 Å². The van der Waals surface area contributed by atoms with E-state index in [0.717, 1.165) is 0 Å². The fourth-order valence-corrected chi connectivity index (χ4v) is 1.90. The molecule has 1 saturated heterocycles. The van der Waals surface area contributed by atoms with E-state index in [1.165, 1.54) is 29.2 Å². The van der Waals surface area contributed by atoms with E-state index in [1.54, 1.807) is 7.05 Å². The van der Waals surface area contributed by atoms with Crippen LogP contribution in [0.1, 0.15) is 0 Å². The van der Waals surface area contributed by atoms with Crippen LogP contribution in [-0.4, -0.2) is 42.9 Å². The molecule has 1 aliphatic rings. The number of amides is 2. The highest BCUT2D eigenvalue weighted by atomic mass is 16.6. The van der Waals surface area contributed by atoms with E-state index >= 15 is 0 Å². The number of hydrogen-bond donors (Lipinski definition) is 2. The molecule has 2 rings (SSSR count). The highest BCUT2D eigenvalue weighted by Crippen LogP contribution is 2.19. The maximum atomic E-state index is 12.2. The Labute approximate surface area is 114 Å². The third kappa shape index (κ3) is 2.91. The molecule has 1 unspecified atom stereocenters. The first-order valence-electron chi connectivity index (χ1n) is 6.01. The van der Waals surface area contributed by atoms with E-state index in [0.29, 0.717) is 5.69 Å². The van der Waals surface area contributed by atoms with Gasteiger partial charge in [0.2, 0.25) is 11.8 Å². The van der Waals surface area contributed by atoms with E-state index in [1.807, 2.05) is 0 Å². The summed E-state index contributed by atoms with van der Waals surface area (Å²) < 4.78 is 0. The third-order valence-corrected chi connectivity index (χ3v) is 3.09. The van der Waals surface area contributed by atoms with Gasteiger partial charge < -0.3 is 10.2 Å². The van der Waals surface area contributed by atoms with E-state index in [9.17, 15) is 19.7 Å². The molecule has 1 atom stereocenters. The van der Waals surface area contributed by atoms with Crippen LogP contribution in [0.5, 0.6) is 0 Å². The van der Waals surface area contributed by atoms with Crippen LogP contribution in [0.15, 0.2) is 24.3 Å². The number of carbonyl (C=O) groups excluding carboxylic acids is 2. The Morgan fingerprint density at radius 3 is 2.55 bits per heavy atom. The van der Waals surface area contributed by atoms with Crippen LogP contribution in [0.25, 0.3) is 0 Å². The number of nitro groups is 1. The quantitative estimate of drug-likeness (QED) is 0.580. The molecule has 2 N–H and O–H groups in total. The van der Waals surface area contributed by atoms with Crippen LogP contribution >= 0.6 is 0 Å². The molecular formula is C12H14N4O4. The summed E-state index contributed by atoms with van der Waals surface area (Å²) in [5.74, 6) is -0.356. The van der Waals surface area contributed by atoms with Gasteiger partial charge in [0.05, 0.1) is 11.5 Å². The van der Waals surface area contributed by atoms with Crippen LogP contribution in [0.3, 0.4) is 0 Å². The van der Waals surface area contributed by atoms with Gasteiger partial charge in [-0.1, -0.05) is 0 Å². The van der Waals surface area contributed by atoms with Crippen LogP contribution in [0.4, 0.5) is 11.4 Å². The second kappa shape index (κ2) is 5.66. The summed E-state index contributed by atoms with van der Waals surface area (Å²) >= 11 is 0. The average Bonchev–Trinajstić information content (AvgIpc) is 2.46. The number of hydrogen-bond acceptors (Lipinski definition) is 5. The molecule has 0 saturated carbocycles. The molecule has 8 nitrogen and oxygen atoms in total. The van der Waals surface area contributed by atoms with Gasteiger partial charge >= 0.3 is 0 Å². The van der Waals surface area contributed by atoms with E-state index in [2.05, 4.69) is 10.6 Å². The van der Waals surface area contributed by atoms with Gasteiger partial charge in [-0.15, -0.1) is 0 Å². The lowest BCUT2D eigenvalue weighted by Crippen LogP contribution is -2.58. The Balaban J connectivity index is 2.06. The largest absolute Gasteiger partial charge is 0.353 e. The number of likely N-dealkylation sites (N-methyl/N-ethyl adjacent to an activating group) is 1. The molecule has 1 aliphatic heterocycles. The maximum absolute atomic E-state index is 12.2. The number of benzene rings is 1. The fraction of sp³-hybridized carbons (Fsp3) is 0.333. The van der Waals surface area contributed by atoms with Crippen molar-refractivity contribution in [2.45, 2.75) is 6.04 Å². The highest BCUT2D eigenvalue weighted by Gasteiger charge is 2.27. The molecule has 8 heteroatoms. The van der Waals surface area contributed by atoms with E-state index < -0.39 is 11.0 Å². The number of nitro benzene ring substituents is 1. The van der Waals surface area contributed by atoms with Gasteiger partial charge in [-0.3, -0.25) is 25.0 Å². The predicted octanol–water partition coefficient (Wildman–Crippen LogP) is -0.354. The van der Waals surface area contributed by atoms with Gasteiger partial charge in [-0.2, -0.15) is 0 Å². The second-order valence-electron chi connectivity index (χ2n) is 4.41. The third-order valence-electron chi connectivity index (χ3n) is 3.09. The molecule has 1 fully saturated rings. The minimum Gasteiger partial charge on any atom is -0.353 e. The first-order valence-corrected chi connectivity index (χ1v) is 6.01. The summed E-state index contributed by atoms with van der Waals surface area (Å²) in [7, 11) is 1.58. The maximum Gasteiger partial charge on any atom is 0.269 e. The molecule has 1 aromatic rings. The number of nitrogens with zero attached hydrogens (tertiary/aromatic N) is 2. The van der Waals surface area contributed by atoms with Crippen LogP contribution in [0, 0.1) is 10.1 Å². The van der Waals surface area contributed by atoms with Crippen LogP contribution in [0.2, 0.25) is 0 Å². The number of non-ortho nitro benzene ring substituents is 1. The summed E-state index contributed by atoms with van der Waals surface area (Å²) in [4.78, 5) is 34.7. The molecule has 0 radical (unpaired) electrons. The summed E-state index contributed by atoms with van der Waals surface area (Å²) in [6.45, 7) is 0.333. The fourth-order valence-electron chi connectivity index (χ4n) is 1.90.